The Morgan fingerprint density at radius 3 is 2.42 bits per heavy atom. The van der Waals surface area contributed by atoms with E-state index in [1.807, 2.05) is 0 Å². The predicted molar refractivity (Wildman–Crippen MR) is 46.0 cm³/mol. The second-order valence-electron chi connectivity index (χ2n) is 3.03. The van der Waals surface area contributed by atoms with E-state index in [0.717, 1.165) is 11.1 Å². The molecule has 1 heterocycles. The van der Waals surface area contributed by atoms with Crippen LogP contribution in [0.15, 0.2) is 22.7 Å². The first-order valence-corrected chi connectivity index (χ1v) is 3.74. The van der Waals surface area contributed by atoms with Gasteiger partial charge in [-0.05, 0) is 25.0 Å². The fraction of sp³-hybridized carbons (Fsp3) is 0.500. The van der Waals surface area contributed by atoms with Crippen LogP contribution >= 0.6 is 0 Å². The molecule has 4 heteroatoms. The molecule has 0 amide bonds. The Balaban J connectivity index is 3.18. The summed E-state index contributed by atoms with van der Waals surface area (Å²) in [4.78, 5) is 1.33. The molecule has 1 aliphatic heterocycles. The van der Waals surface area contributed by atoms with Gasteiger partial charge in [-0.15, -0.1) is 0 Å². The average molecular weight is 170 g/mol. The van der Waals surface area contributed by atoms with Gasteiger partial charge >= 0.3 is 0 Å². The van der Waals surface area contributed by atoms with Gasteiger partial charge in [0, 0.05) is 7.05 Å². The molecule has 1 unspecified atom stereocenters. The van der Waals surface area contributed by atoms with Crippen molar-refractivity contribution < 1.29 is 10.2 Å². The standard InChI is InChI=1S/C8H14N2O2/c1-4-5(2)7(11)10(3)8(12)6(4)9/h7,11-12H,9H2,1-3H3. The minimum atomic E-state index is -0.766. The maximum Gasteiger partial charge on any atom is 0.213 e. The number of hydrogen-bond donors (Lipinski definition) is 3. The van der Waals surface area contributed by atoms with Gasteiger partial charge in [-0.2, -0.15) is 0 Å². The van der Waals surface area contributed by atoms with E-state index < -0.39 is 6.23 Å². The van der Waals surface area contributed by atoms with Gasteiger partial charge in [-0.25, -0.2) is 0 Å². The summed E-state index contributed by atoms with van der Waals surface area (Å²) < 4.78 is 0. The third-order valence-electron chi connectivity index (χ3n) is 2.32. The molecule has 0 saturated carbocycles. The summed E-state index contributed by atoms with van der Waals surface area (Å²) in [7, 11) is 1.59. The smallest absolute Gasteiger partial charge is 0.213 e. The summed E-state index contributed by atoms with van der Waals surface area (Å²) in [5.74, 6) is -0.0643. The summed E-state index contributed by atoms with van der Waals surface area (Å²) in [6, 6.07) is 0. The van der Waals surface area contributed by atoms with E-state index in [2.05, 4.69) is 0 Å². The van der Waals surface area contributed by atoms with Gasteiger partial charge in [0.15, 0.2) is 6.23 Å². The number of nitrogens with two attached hydrogens (primary N) is 1. The van der Waals surface area contributed by atoms with Crippen molar-refractivity contribution in [2.24, 2.45) is 5.73 Å². The number of aliphatic hydroxyl groups is 2. The SMILES string of the molecule is CC1=C(C)C(O)N(C)C(O)=C1N. The first kappa shape index (κ1) is 8.93. The highest BCUT2D eigenvalue weighted by Crippen LogP contribution is 2.24. The number of aliphatic hydroxyl groups excluding tert-OH is 2. The van der Waals surface area contributed by atoms with Crippen LogP contribution in [-0.2, 0) is 0 Å². The summed E-state index contributed by atoms with van der Waals surface area (Å²) in [6.45, 7) is 3.56. The highest BCUT2D eigenvalue weighted by atomic mass is 16.3. The third-order valence-corrected chi connectivity index (χ3v) is 2.32. The highest BCUT2D eigenvalue weighted by molar-refractivity contribution is 5.37. The predicted octanol–water partition coefficient (Wildman–Crippen LogP) is 0.272. The molecule has 0 aromatic rings. The van der Waals surface area contributed by atoms with Gasteiger partial charge in [-0.3, -0.25) is 0 Å². The number of allylic oxidation sites excluding steroid dienone is 1. The molecule has 0 radical (unpaired) electrons. The van der Waals surface area contributed by atoms with Crippen molar-refractivity contribution in [1.82, 2.24) is 4.90 Å². The van der Waals surface area contributed by atoms with Crippen LogP contribution in [0, 0.1) is 0 Å². The zero-order valence-electron chi connectivity index (χ0n) is 7.50. The van der Waals surface area contributed by atoms with Crippen molar-refractivity contribution >= 4 is 0 Å². The van der Waals surface area contributed by atoms with Crippen molar-refractivity contribution in [1.29, 1.82) is 0 Å². The maximum atomic E-state index is 9.52. The van der Waals surface area contributed by atoms with E-state index in [1.165, 1.54) is 4.90 Å². The molecule has 0 aromatic heterocycles. The molecule has 68 valence electrons. The van der Waals surface area contributed by atoms with Crippen LogP contribution < -0.4 is 5.73 Å². The first-order valence-electron chi connectivity index (χ1n) is 3.74. The van der Waals surface area contributed by atoms with E-state index in [0.29, 0.717) is 5.70 Å². The molecular weight excluding hydrogens is 156 g/mol. The van der Waals surface area contributed by atoms with Gasteiger partial charge in [0.05, 0.1) is 5.70 Å². The molecule has 1 atom stereocenters. The number of rotatable bonds is 0. The van der Waals surface area contributed by atoms with Crippen molar-refractivity contribution in [2.75, 3.05) is 7.05 Å². The first-order chi connectivity index (χ1) is 5.46. The van der Waals surface area contributed by atoms with Crippen molar-refractivity contribution in [3.63, 3.8) is 0 Å². The van der Waals surface area contributed by atoms with Crippen LogP contribution in [0.4, 0.5) is 0 Å². The Morgan fingerprint density at radius 1 is 1.42 bits per heavy atom. The van der Waals surface area contributed by atoms with Crippen LogP contribution in [0.2, 0.25) is 0 Å². The number of hydrogen-bond acceptors (Lipinski definition) is 4. The van der Waals surface area contributed by atoms with Crippen LogP contribution in [0.3, 0.4) is 0 Å². The third kappa shape index (κ3) is 1.04. The second kappa shape index (κ2) is 2.71. The van der Waals surface area contributed by atoms with Gasteiger partial charge < -0.3 is 20.8 Å². The zero-order valence-corrected chi connectivity index (χ0v) is 7.50. The van der Waals surface area contributed by atoms with E-state index in [4.69, 9.17) is 5.73 Å². The molecule has 0 aliphatic carbocycles. The molecule has 4 nitrogen and oxygen atoms in total. The minimum absolute atomic E-state index is 0.0643. The van der Waals surface area contributed by atoms with E-state index in [-0.39, 0.29) is 5.88 Å². The Morgan fingerprint density at radius 2 is 1.92 bits per heavy atom. The molecule has 0 aromatic carbocycles. The van der Waals surface area contributed by atoms with Crippen molar-refractivity contribution in [3.8, 4) is 0 Å². The highest BCUT2D eigenvalue weighted by Gasteiger charge is 2.25. The molecule has 0 bridgehead atoms. The van der Waals surface area contributed by atoms with E-state index >= 15 is 0 Å². The van der Waals surface area contributed by atoms with Gasteiger partial charge in [0.1, 0.15) is 0 Å². The fourth-order valence-electron chi connectivity index (χ4n) is 1.17. The van der Waals surface area contributed by atoms with Gasteiger partial charge in [0.2, 0.25) is 5.88 Å². The second-order valence-corrected chi connectivity index (χ2v) is 3.03. The quantitative estimate of drug-likeness (QED) is 0.488. The van der Waals surface area contributed by atoms with Gasteiger partial charge in [0.25, 0.3) is 0 Å². The lowest BCUT2D eigenvalue weighted by atomic mass is 10.0. The summed E-state index contributed by atoms with van der Waals surface area (Å²) >= 11 is 0. The van der Waals surface area contributed by atoms with Crippen LogP contribution in [0.1, 0.15) is 13.8 Å². The fourth-order valence-corrected chi connectivity index (χ4v) is 1.17. The number of nitrogens with zero attached hydrogens (tertiary/aromatic N) is 1. The topological polar surface area (TPSA) is 69.7 Å². The molecule has 1 rings (SSSR count). The summed E-state index contributed by atoms with van der Waals surface area (Å²) in [6.07, 6.45) is -0.766. The van der Waals surface area contributed by atoms with E-state index in [1.54, 1.807) is 20.9 Å². The van der Waals surface area contributed by atoms with E-state index in [9.17, 15) is 10.2 Å². The Bertz CT molecular complexity index is 240. The normalized spacial score (nSPS) is 25.3. The Hall–Kier alpha value is -1.16. The van der Waals surface area contributed by atoms with Crippen LogP contribution in [0.25, 0.3) is 0 Å². The summed E-state index contributed by atoms with van der Waals surface area (Å²) in [5, 5.41) is 18.9. The lowest BCUT2D eigenvalue weighted by Gasteiger charge is -2.31. The lowest BCUT2D eigenvalue weighted by molar-refractivity contribution is 0.0358. The molecular formula is C8H14N2O2. The zero-order chi connectivity index (χ0) is 9.46. The molecule has 4 N–H and O–H groups in total. The Kier molecular flexibility index (Phi) is 2.02. The lowest BCUT2D eigenvalue weighted by Crippen LogP contribution is -2.37. The largest absolute Gasteiger partial charge is 0.493 e. The molecule has 0 saturated heterocycles. The molecule has 0 spiro atoms. The summed E-state index contributed by atoms with van der Waals surface area (Å²) in [5.41, 5.74) is 7.44. The van der Waals surface area contributed by atoms with Gasteiger partial charge in [-0.1, -0.05) is 0 Å². The maximum absolute atomic E-state index is 9.52. The Labute approximate surface area is 71.6 Å². The molecule has 0 fully saturated rings. The molecule has 12 heavy (non-hydrogen) atoms. The van der Waals surface area contributed by atoms with Crippen molar-refractivity contribution in [3.05, 3.63) is 22.7 Å². The molecule has 1 aliphatic rings. The average Bonchev–Trinajstić information content (AvgIpc) is 2.08. The van der Waals surface area contributed by atoms with Crippen molar-refractivity contribution in [2.45, 2.75) is 20.1 Å². The van der Waals surface area contributed by atoms with Crippen LogP contribution in [0.5, 0.6) is 0 Å². The number of likely N-dealkylation sites (N-methyl/N-ethyl adjacent to an activating group) is 1. The minimum Gasteiger partial charge on any atom is -0.493 e. The monoisotopic (exact) mass is 170 g/mol. The van der Waals surface area contributed by atoms with Crippen LogP contribution in [-0.4, -0.2) is 28.4 Å².